The lowest BCUT2D eigenvalue weighted by molar-refractivity contribution is 0.0989. The first-order valence-corrected chi connectivity index (χ1v) is 3.66. The fraction of sp³-hybridized carbons (Fsp3) is 0.429. The molecule has 0 aliphatic heterocycles. The number of nitrogens with zero attached hydrogens (tertiary/aromatic N) is 2. The molecule has 5 nitrogen and oxygen atoms in total. The highest BCUT2D eigenvalue weighted by atomic mass is 16.1. The van der Waals surface area contributed by atoms with Crippen molar-refractivity contribution in [1.29, 1.82) is 0 Å². The molecule has 0 radical (unpaired) electrons. The van der Waals surface area contributed by atoms with Crippen molar-refractivity contribution in [3.05, 3.63) is 11.9 Å². The molecular formula is C7H12N4O. The van der Waals surface area contributed by atoms with Crippen molar-refractivity contribution >= 4 is 11.6 Å². The molecular weight excluding hydrogens is 156 g/mol. The molecule has 0 spiro atoms. The Morgan fingerprint density at radius 3 is 2.58 bits per heavy atom. The van der Waals surface area contributed by atoms with Crippen molar-refractivity contribution in [3.8, 4) is 0 Å². The first-order chi connectivity index (χ1) is 5.54. The second-order valence-corrected chi connectivity index (χ2v) is 2.85. The van der Waals surface area contributed by atoms with Gasteiger partial charge in [-0.2, -0.15) is 5.10 Å². The highest BCUT2D eigenvalue weighted by molar-refractivity contribution is 5.96. The Hall–Kier alpha value is -1.52. The average Bonchev–Trinajstić information content (AvgIpc) is 2.30. The number of amides is 1. The van der Waals surface area contributed by atoms with Crippen LogP contribution in [0.25, 0.3) is 0 Å². The quantitative estimate of drug-likeness (QED) is 0.658. The molecule has 0 aliphatic rings. The highest BCUT2D eigenvalue weighted by Gasteiger charge is 2.14. The maximum atomic E-state index is 10.9. The smallest absolute Gasteiger partial charge is 0.269 e. The molecule has 0 fully saturated rings. The van der Waals surface area contributed by atoms with Crippen LogP contribution in [0, 0.1) is 0 Å². The summed E-state index contributed by atoms with van der Waals surface area (Å²) in [6.07, 6.45) is 1.43. The molecule has 0 saturated heterocycles. The molecule has 0 unspecified atom stereocenters. The Bertz CT molecular complexity index is 302. The molecule has 1 rings (SSSR count). The van der Waals surface area contributed by atoms with Gasteiger partial charge in [-0.3, -0.25) is 9.48 Å². The molecule has 0 aromatic carbocycles. The van der Waals surface area contributed by atoms with Crippen LogP contribution in [-0.4, -0.2) is 15.7 Å². The van der Waals surface area contributed by atoms with E-state index in [4.69, 9.17) is 11.5 Å². The summed E-state index contributed by atoms with van der Waals surface area (Å²) in [5.74, 6) is -0.543. The average molecular weight is 168 g/mol. The van der Waals surface area contributed by atoms with Gasteiger partial charge in [0.2, 0.25) is 0 Å². The van der Waals surface area contributed by atoms with E-state index in [0.29, 0.717) is 5.69 Å². The van der Waals surface area contributed by atoms with Crippen molar-refractivity contribution in [2.75, 3.05) is 5.73 Å². The van der Waals surface area contributed by atoms with E-state index < -0.39 is 5.91 Å². The largest absolute Gasteiger partial charge is 0.396 e. The molecule has 0 aliphatic carbocycles. The molecule has 5 heteroatoms. The number of aromatic nitrogens is 2. The lowest BCUT2D eigenvalue weighted by Crippen LogP contribution is -2.20. The number of hydrogen-bond donors (Lipinski definition) is 2. The van der Waals surface area contributed by atoms with Crippen molar-refractivity contribution in [2.45, 2.75) is 19.9 Å². The Labute approximate surface area is 70.3 Å². The summed E-state index contributed by atoms with van der Waals surface area (Å²) in [5, 5.41) is 3.93. The highest BCUT2D eigenvalue weighted by Crippen LogP contribution is 2.14. The third-order valence-corrected chi connectivity index (χ3v) is 1.55. The number of carbonyl (C=O) groups excluding carboxylic acids is 1. The van der Waals surface area contributed by atoms with Crippen LogP contribution in [-0.2, 0) is 0 Å². The van der Waals surface area contributed by atoms with Crippen molar-refractivity contribution in [2.24, 2.45) is 5.73 Å². The number of carbonyl (C=O) groups is 1. The Morgan fingerprint density at radius 2 is 2.25 bits per heavy atom. The van der Waals surface area contributed by atoms with Gasteiger partial charge in [-0.05, 0) is 13.8 Å². The lowest BCUT2D eigenvalue weighted by atomic mass is 10.3. The SMILES string of the molecule is CC(C)n1ncc(N)c1C(N)=O. The van der Waals surface area contributed by atoms with Crippen molar-refractivity contribution in [1.82, 2.24) is 9.78 Å². The van der Waals surface area contributed by atoms with Crippen LogP contribution >= 0.6 is 0 Å². The molecule has 4 N–H and O–H groups in total. The van der Waals surface area contributed by atoms with Gasteiger partial charge in [0, 0.05) is 6.04 Å². The number of primary amides is 1. The summed E-state index contributed by atoms with van der Waals surface area (Å²) in [6, 6.07) is 0.0878. The zero-order valence-corrected chi connectivity index (χ0v) is 7.11. The second-order valence-electron chi connectivity index (χ2n) is 2.85. The van der Waals surface area contributed by atoms with Crippen molar-refractivity contribution < 1.29 is 4.79 Å². The normalized spacial score (nSPS) is 10.6. The van der Waals surface area contributed by atoms with E-state index in [-0.39, 0.29) is 11.7 Å². The van der Waals surface area contributed by atoms with Crippen LogP contribution in [0.1, 0.15) is 30.4 Å². The van der Waals surface area contributed by atoms with Gasteiger partial charge in [0.25, 0.3) is 5.91 Å². The van der Waals surface area contributed by atoms with Gasteiger partial charge in [-0.1, -0.05) is 0 Å². The van der Waals surface area contributed by atoms with Crippen LogP contribution in [0.2, 0.25) is 0 Å². The van der Waals surface area contributed by atoms with Gasteiger partial charge in [0.1, 0.15) is 5.69 Å². The molecule has 0 atom stereocenters. The summed E-state index contributed by atoms with van der Waals surface area (Å²) < 4.78 is 1.51. The summed E-state index contributed by atoms with van der Waals surface area (Å²) in [4.78, 5) is 10.9. The topological polar surface area (TPSA) is 86.9 Å². The minimum Gasteiger partial charge on any atom is -0.396 e. The Balaban J connectivity index is 3.21. The zero-order valence-electron chi connectivity index (χ0n) is 7.11. The predicted octanol–water partition coefficient (Wildman–Crippen LogP) is 0.145. The first kappa shape index (κ1) is 8.58. The maximum Gasteiger partial charge on any atom is 0.269 e. The van der Waals surface area contributed by atoms with Gasteiger partial charge in [-0.25, -0.2) is 0 Å². The molecule has 12 heavy (non-hydrogen) atoms. The van der Waals surface area contributed by atoms with E-state index >= 15 is 0 Å². The molecule has 1 heterocycles. The molecule has 1 aromatic heterocycles. The minimum atomic E-state index is -0.543. The van der Waals surface area contributed by atoms with Gasteiger partial charge in [0.05, 0.1) is 11.9 Å². The number of nitrogens with two attached hydrogens (primary N) is 2. The number of nitrogen functional groups attached to an aromatic ring is 1. The lowest BCUT2D eigenvalue weighted by Gasteiger charge is -2.08. The second kappa shape index (κ2) is 2.84. The molecule has 0 saturated carbocycles. The van der Waals surface area contributed by atoms with E-state index in [1.807, 2.05) is 13.8 Å². The Morgan fingerprint density at radius 1 is 1.67 bits per heavy atom. The van der Waals surface area contributed by atoms with Gasteiger partial charge in [0.15, 0.2) is 0 Å². The number of rotatable bonds is 2. The number of anilines is 1. The third kappa shape index (κ3) is 1.25. The van der Waals surface area contributed by atoms with E-state index in [2.05, 4.69) is 5.10 Å². The molecule has 1 amide bonds. The first-order valence-electron chi connectivity index (χ1n) is 3.66. The fourth-order valence-electron chi connectivity index (χ4n) is 1.02. The summed E-state index contributed by atoms with van der Waals surface area (Å²) >= 11 is 0. The van der Waals surface area contributed by atoms with Crippen LogP contribution < -0.4 is 11.5 Å². The van der Waals surface area contributed by atoms with Crippen molar-refractivity contribution in [3.63, 3.8) is 0 Å². The van der Waals surface area contributed by atoms with Crippen LogP contribution in [0.4, 0.5) is 5.69 Å². The van der Waals surface area contributed by atoms with E-state index in [0.717, 1.165) is 0 Å². The van der Waals surface area contributed by atoms with E-state index in [9.17, 15) is 4.79 Å². The van der Waals surface area contributed by atoms with Gasteiger partial charge < -0.3 is 11.5 Å². The monoisotopic (exact) mass is 168 g/mol. The summed E-state index contributed by atoms with van der Waals surface area (Å²) in [5.41, 5.74) is 11.2. The maximum absolute atomic E-state index is 10.9. The number of hydrogen-bond acceptors (Lipinski definition) is 3. The Kier molecular flexibility index (Phi) is 2.03. The van der Waals surface area contributed by atoms with Crippen LogP contribution in [0.15, 0.2) is 6.20 Å². The minimum absolute atomic E-state index is 0.0878. The molecule has 0 bridgehead atoms. The van der Waals surface area contributed by atoms with E-state index in [1.165, 1.54) is 10.9 Å². The fourth-order valence-corrected chi connectivity index (χ4v) is 1.02. The van der Waals surface area contributed by atoms with Crippen LogP contribution in [0.5, 0.6) is 0 Å². The zero-order chi connectivity index (χ0) is 9.30. The summed E-state index contributed by atoms with van der Waals surface area (Å²) in [7, 11) is 0. The van der Waals surface area contributed by atoms with Gasteiger partial charge >= 0.3 is 0 Å². The standard InChI is InChI=1S/C7H12N4O/c1-4(2)11-6(7(9)12)5(8)3-10-11/h3-4H,8H2,1-2H3,(H2,9,12). The molecule has 66 valence electrons. The van der Waals surface area contributed by atoms with Crippen LogP contribution in [0.3, 0.4) is 0 Å². The van der Waals surface area contributed by atoms with E-state index in [1.54, 1.807) is 0 Å². The molecule has 1 aromatic rings. The van der Waals surface area contributed by atoms with Gasteiger partial charge in [-0.15, -0.1) is 0 Å². The summed E-state index contributed by atoms with van der Waals surface area (Å²) in [6.45, 7) is 3.80. The predicted molar refractivity (Wildman–Crippen MR) is 45.5 cm³/mol. The third-order valence-electron chi connectivity index (χ3n) is 1.55.